The Bertz CT molecular complexity index is 1450. The van der Waals surface area contributed by atoms with Crippen molar-refractivity contribution in [3.05, 3.63) is 23.9 Å². The van der Waals surface area contributed by atoms with Gasteiger partial charge < -0.3 is 10.2 Å². The van der Waals surface area contributed by atoms with Crippen molar-refractivity contribution in [1.29, 1.82) is 0 Å². The fourth-order valence-corrected chi connectivity index (χ4v) is 2.99. The Morgan fingerprint density at radius 2 is 2.07 bits per heavy atom. The van der Waals surface area contributed by atoms with E-state index in [1.54, 1.807) is 0 Å². The topological polar surface area (TPSA) is 81.8 Å². The summed E-state index contributed by atoms with van der Waals surface area (Å²) < 4.78 is 181. The first kappa shape index (κ1) is 8.80. The third-order valence-electron chi connectivity index (χ3n) is 3.55. The molecule has 1 heterocycles. The van der Waals surface area contributed by atoms with Gasteiger partial charge in [-0.15, -0.1) is 0 Å². The summed E-state index contributed by atoms with van der Waals surface area (Å²) in [6.45, 7) is -13.9. The average molecular weight is 447 g/mol. The summed E-state index contributed by atoms with van der Waals surface area (Å²) in [6.07, 6.45) is -1.99. The highest BCUT2D eigenvalue weighted by molar-refractivity contribution is 7.89. The molecule has 2 N–H and O–H groups in total. The number of rotatable bonds is 10. The Kier molecular flexibility index (Phi) is 3.31. The molecule has 1 aliphatic heterocycles. The molecule has 0 aliphatic carbocycles. The van der Waals surface area contributed by atoms with Crippen LogP contribution in [0.5, 0.6) is 0 Å². The summed E-state index contributed by atoms with van der Waals surface area (Å²) in [6, 6.07) is -2.54. The Hall–Kier alpha value is -1.71. The molecule has 1 fully saturated rings. The molecular weight excluding hydrogens is 395 g/mol. The molecule has 0 atom stereocenters. The van der Waals surface area contributed by atoms with Crippen LogP contribution < -0.4 is 14.9 Å². The lowest BCUT2D eigenvalue weighted by atomic mass is 10.2. The second kappa shape index (κ2) is 10.9. The molecule has 7 nitrogen and oxygen atoms in total. The van der Waals surface area contributed by atoms with E-state index in [4.69, 9.17) is 24.8 Å². The monoisotopic (exact) mass is 446 g/mol. The second-order valence-electron chi connectivity index (χ2n) is 5.85. The summed E-state index contributed by atoms with van der Waals surface area (Å²) in [5.41, 5.74) is -5.64. The zero-order valence-electron chi connectivity index (χ0n) is 33.5. The van der Waals surface area contributed by atoms with E-state index in [0.29, 0.717) is 0 Å². The van der Waals surface area contributed by atoms with Gasteiger partial charge in [0.2, 0.25) is 15.9 Å². The molecule has 0 radical (unpaired) electrons. The van der Waals surface area contributed by atoms with Crippen LogP contribution in [-0.4, -0.2) is 64.1 Å². The quantitative estimate of drug-likeness (QED) is 0.576. The van der Waals surface area contributed by atoms with Gasteiger partial charge in [0.15, 0.2) is 1.41 Å². The van der Waals surface area contributed by atoms with Crippen molar-refractivity contribution in [1.82, 2.24) is 9.62 Å². The van der Waals surface area contributed by atoms with Gasteiger partial charge in [0.25, 0.3) is 0 Å². The molecule has 2 rings (SSSR count). The van der Waals surface area contributed by atoms with Crippen LogP contribution in [0.4, 0.5) is 15.8 Å². The first-order valence-corrected chi connectivity index (χ1v) is 9.89. The molecule has 1 amide bonds. The predicted molar refractivity (Wildman–Crippen MR) is 115 cm³/mol. The maximum Gasteiger partial charge on any atom is 0.221 e. The number of carbonyl (C=O) groups excluding carboxylic acids is 1. The van der Waals surface area contributed by atoms with Crippen LogP contribution in [0.15, 0.2) is 18.1 Å². The van der Waals surface area contributed by atoms with E-state index in [2.05, 4.69) is 0 Å². The first-order valence-electron chi connectivity index (χ1n) is 17.3. The number of halogens is 1. The number of piperazine rings is 1. The molecular formula is C20H33FN4O3S. The third-order valence-corrected chi connectivity index (χ3v) is 4.38. The minimum absolute atomic E-state index is 0.136. The highest BCUT2D eigenvalue weighted by atomic mass is 32.2. The fourth-order valence-electron chi connectivity index (χ4n) is 2.43. The van der Waals surface area contributed by atoms with Crippen molar-refractivity contribution in [3.63, 3.8) is 0 Å². The Morgan fingerprint density at radius 1 is 1.34 bits per heavy atom. The molecule has 29 heavy (non-hydrogen) atoms. The maximum atomic E-state index is 14.7. The third kappa shape index (κ3) is 8.67. The number of anilines is 2. The molecule has 1 aromatic carbocycles. The van der Waals surface area contributed by atoms with Gasteiger partial charge in [-0.05, 0) is 43.4 Å². The van der Waals surface area contributed by atoms with Crippen molar-refractivity contribution in [2.45, 2.75) is 33.5 Å². The highest BCUT2D eigenvalue weighted by Crippen LogP contribution is 2.23. The fraction of sp³-hybridized carbons (Fsp3) is 0.650. The molecule has 0 saturated carbocycles. The summed E-state index contributed by atoms with van der Waals surface area (Å²) in [7, 11) is -6.19. The minimum atomic E-state index is -6.19. The van der Waals surface area contributed by atoms with E-state index in [1.807, 2.05) is 0 Å². The summed E-state index contributed by atoms with van der Waals surface area (Å²) in [4.78, 5) is 14.1. The van der Waals surface area contributed by atoms with Crippen molar-refractivity contribution in [2.24, 2.45) is 5.89 Å². The SMILES string of the molecule is [2H]c1c(F)c([2H])c(N([2H])C(C)=O)c([2H])c1N1CCN(C([2H])([2H])CCC([2H])([2H])N([2H])S(=O)(=O)C([2H])([2H])C([2H])(C([2H])([2H])[2H])C([2H])([2H])[2H])CC1. The molecule has 0 spiro atoms. The van der Waals surface area contributed by atoms with Gasteiger partial charge in [0.1, 0.15) is 7.23 Å². The van der Waals surface area contributed by atoms with E-state index in [-0.39, 0.29) is 37.2 Å². The lowest BCUT2D eigenvalue weighted by Gasteiger charge is -2.36. The molecule has 0 aromatic heterocycles. The average Bonchev–Trinajstić information content (AvgIpc) is 2.93. The summed E-state index contributed by atoms with van der Waals surface area (Å²) in [5.74, 6) is -6.69. The lowest BCUT2D eigenvalue weighted by Crippen LogP contribution is -2.46. The Balaban J connectivity index is 2.29. The van der Waals surface area contributed by atoms with E-state index in [1.165, 1.54) is 4.90 Å². The Morgan fingerprint density at radius 3 is 2.72 bits per heavy atom. The van der Waals surface area contributed by atoms with Crippen molar-refractivity contribution < 1.29 is 42.4 Å². The number of nitrogens with zero attached hydrogens (tertiary/aromatic N) is 2. The smallest absolute Gasteiger partial charge is 0.221 e. The molecule has 0 unspecified atom stereocenters. The van der Waals surface area contributed by atoms with Gasteiger partial charge in [0.05, 0.1) is 9.82 Å². The van der Waals surface area contributed by atoms with Gasteiger partial charge in [-0.1, -0.05) is 13.7 Å². The predicted octanol–water partition coefficient (Wildman–Crippen LogP) is 2.26. The van der Waals surface area contributed by atoms with Crippen LogP contribution in [0.3, 0.4) is 0 Å². The van der Waals surface area contributed by atoms with Crippen LogP contribution in [0.2, 0.25) is 2.82 Å². The molecule has 1 aromatic rings. The minimum Gasteiger partial charge on any atom is -0.369 e. The molecule has 1 aliphatic rings. The van der Waals surface area contributed by atoms with Crippen molar-refractivity contribution >= 4 is 27.3 Å². The number of amides is 1. The van der Waals surface area contributed by atoms with Crippen LogP contribution in [0.25, 0.3) is 0 Å². The highest BCUT2D eigenvalue weighted by Gasteiger charge is 2.18. The van der Waals surface area contributed by atoms with Crippen molar-refractivity contribution in [3.8, 4) is 0 Å². The van der Waals surface area contributed by atoms with Gasteiger partial charge in [-0.2, -0.15) is 0 Å². The first-order chi connectivity index (χ1) is 20.8. The van der Waals surface area contributed by atoms with Gasteiger partial charge >= 0.3 is 0 Å². The maximum absolute atomic E-state index is 14.7. The summed E-state index contributed by atoms with van der Waals surface area (Å²) >= 11 is 0. The zero-order chi connectivity index (χ0) is 37.1. The number of hydrogen-bond donors (Lipinski definition) is 2. The molecule has 164 valence electrons. The van der Waals surface area contributed by atoms with E-state index in [9.17, 15) is 17.6 Å². The van der Waals surface area contributed by atoms with E-state index >= 15 is 0 Å². The van der Waals surface area contributed by atoms with Crippen LogP contribution in [0.1, 0.15) is 55.4 Å². The number of benzene rings is 1. The summed E-state index contributed by atoms with van der Waals surface area (Å²) in [5, 5.41) is 0.136. The van der Waals surface area contributed by atoms with Gasteiger partial charge in [-0.25, -0.2) is 17.5 Å². The van der Waals surface area contributed by atoms with E-state index in [0.717, 1.165) is 11.8 Å². The normalized spacial score (nSPS) is 27.6. The lowest BCUT2D eigenvalue weighted by molar-refractivity contribution is -0.114. The molecule has 0 bridgehead atoms. The number of hydrogen-bond acceptors (Lipinski definition) is 5. The number of sulfonamides is 1. The second-order valence-corrected chi connectivity index (χ2v) is 7.19. The van der Waals surface area contributed by atoms with Crippen LogP contribution in [-0.2, 0) is 14.8 Å². The molecule has 9 heteroatoms. The number of nitrogens with one attached hydrogen (secondary N) is 2. The van der Waals surface area contributed by atoms with Gasteiger partial charge in [-0.3, -0.25) is 9.69 Å². The van der Waals surface area contributed by atoms with Gasteiger partial charge in [0, 0.05) is 68.8 Å². The van der Waals surface area contributed by atoms with Crippen molar-refractivity contribution in [2.75, 3.05) is 55.1 Å². The van der Waals surface area contributed by atoms with E-state index < -0.39 is 101 Å². The van der Waals surface area contributed by atoms with Crippen LogP contribution in [0, 0.1) is 11.7 Å². The standard InChI is InChI=1S/C20H33FN4O3S/c1-16(2)15-29(27,28)22-6-4-5-7-24-8-10-25(11-9-24)20-13-18(21)12-19(14-20)23-17(3)26/h12-14,16,22H,4-11,15H2,1-3H3,(H,23,26)/i1D3,2D3,6D2,7D2,12D,13D,14D,15D2,16D/hD2. The largest absolute Gasteiger partial charge is 0.369 e. The zero-order valence-corrected chi connectivity index (χ0v) is 16.4. The molecule has 1 saturated heterocycles. The Labute approximate surface area is 199 Å². The number of carbonyl (C=O) groups is 1. The van der Waals surface area contributed by atoms with Crippen LogP contribution >= 0.6 is 0 Å².